The fourth-order valence-electron chi connectivity index (χ4n) is 0.682. The van der Waals surface area contributed by atoms with Crippen LogP contribution in [0.1, 0.15) is 19.8 Å². The van der Waals surface area contributed by atoms with E-state index in [1.54, 1.807) is 0 Å². The van der Waals surface area contributed by atoms with Crippen molar-refractivity contribution in [1.82, 2.24) is 0 Å². The summed E-state index contributed by atoms with van der Waals surface area (Å²) in [5.74, 6) is 0. The molecule has 1 aromatic carbocycles. The van der Waals surface area contributed by atoms with Crippen LogP contribution in [0.5, 0.6) is 0 Å². The molecule has 0 unspecified atom stereocenters. The molecular formula is C10H15NO2S. The minimum Gasteiger partial charge on any atom is -0.172 e. The molecule has 0 N–H and O–H groups in total. The van der Waals surface area contributed by atoms with E-state index in [0.717, 1.165) is 12.8 Å². The van der Waals surface area contributed by atoms with E-state index < -0.39 is 10.5 Å². The first-order valence-corrected chi connectivity index (χ1v) is 5.57. The minimum atomic E-state index is -2.19. The van der Waals surface area contributed by atoms with E-state index in [4.69, 9.17) is 0 Å². The molecule has 3 nitrogen and oxygen atoms in total. The van der Waals surface area contributed by atoms with Crippen molar-refractivity contribution in [3.05, 3.63) is 36.4 Å². The highest BCUT2D eigenvalue weighted by Gasteiger charge is 1.77. The Morgan fingerprint density at radius 1 is 1.00 bits per heavy atom. The van der Waals surface area contributed by atoms with Crippen LogP contribution in [-0.4, -0.2) is 15.0 Å². The smallest absolute Gasteiger partial charge is 0.172 e. The summed E-state index contributed by atoms with van der Waals surface area (Å²) >= 11 is 0. The third-order valence-electron chi connectivity index (χ3n) is 1.38. The maximum Gasteiger partial charge on any atom is 0.311 e. The second-order valence-electron chi connectivity index (χ2n) is 2.58. The standard InChI is InChI=1S/C6H6.C4H9NO2S/c1-2-4-6-5-3-1;1-2-3-4-5-8(6)7/h1-6H;2-4H2,1H3. The highest BCUT2D eigenvalue weighted by molar-refractivity contribution is 7.61. The predicted octanol–water partition coefficient (Wildman–Crippen LogP) is 2.54. The van der Waals surface area contributed by atoms with E-state index in [1.165, 1.54) is 0 Å². The maximum atomic E-state index is 9.71. The molecule has 0 aliphatic heterocycles. The maximum absolute atomic E-state index is 9.71. The van der Waals surface area contributed by atoms with Gasteiger partial charge in [-0.15, -0.1) is 0 Å². The fourth-order valence-corrected chi connectivity index (χ4v) is 0.960. The van der Waals surface area contributed by atoms with Crippen molar-refractivity contribution in [3.8, 4) is 0 Å². The first-order chi connectivity index (χ1) is 6.77. The van der Waals surface area contributed by atoms with Crippen LogP contribution in [-0.2, 0) is 10.5 Å². The van der Waals surface area contributed by atoms with Gasteiger partial charge in [-0.25, -0.2) is 0 Å². The zero-order chi connectivity index (χ0) is 10.6. The topological polar surface area (TPSA) is 46.5 Å². The highest BCUT2D eigenvalue weighted by Crippen LogP contribution is 1.84. The lowest BCUT2D eigenvalue weighted by molar-refractivity contribution is 0.619. The summed E-state index contributed by atoms with van der Waals surface area (Å²) < 4.78 is 22.6. The first kappa shape index (κ1) is 12.8. The molecule has 0 atom stereocenters. The molecule has 0 fully saturated rings. The molecule has 78 valence electrons. The van der Waals surface area contributed by atoms with E-state index >= 15 is 0 Å². The van der Waals surface area contributed by atoms with Crippen LogP contribution >= 0.6 is 0 Å². The van der Waals surface area contributed by atoms with E-state index in [-0.39, 0.29) is 0 Å². The van der Waals surface area contributed by atoms with E-state index in [0.29, 0.717) is 6.54 Å². The van der Waals surface area contributed by atoms with E-state index in [1.807, 2.05) is 43.3 Å². The average molecular weight is 213 g/mol. The molecule has 4 heteroatoms. The molecule has 14 heavy (non-hydrogen) atoms. The summed E-state index contributed by atoms with van der Waals surface area (Å²) in [7, 11) is -2.19. The number of unbranched alkanes of at least 4 members (excludes halogenated alkanes) is 1. The molecule has 1 rings (SSSR count). The predicted molar refractivity (Wildman–Crippen MR) is 57.6 cm³/mol. The van der Waals surface area contributed by atoms with Gasteiger partial charge in [0.1, 0.15) is 0 Å². The molecular weight excluding hydrogens is 198 g/mol. The first-order valence-electron chi connectivity index (χ1n) is 4.54. The van der Waals surface area contributed by atoms with Crippen molar-refractivity contribution in [2.45, 2.75) is 19.8 Å². The van der Waals surface area contributed by atoms with Gasteiger partial charge >= 0.3 is 10.5 Å². The lowest BCUT2D eigenvalue weighted by atomic mass is 10.3. The molecule has 0 spiro atoms. The highest BCUT2D eigenvalue weighted by atomic mass is 32.2. The Labute approximate surface area is 86.5 Å². The lowest BCUT2D eigenvalue weighted by Crippen LogP contribution is -1.75. The quantitative estimate of drug-likeness (QED) is 0.724. The van der Waals surface area contributed by atoms with Crippen molar-refractivity contribution in [3.63, 3.8) is 0 Å². The van der Waals surface area contributed by atoms with Crippen molar-refractivity contribution >= 4 is 10.5 Å². The summed E-state index contributed by atoms with van der Waals surface area (Å²) in [4.78, 5) is 0. The zero-order valence-corrected chi connectivity index (χ0v) is 9.07. The van der Waals surface area contributed by atoms with Gasteiger partial charge in [0.15, 0.2) is 0 Å². The van der Waals surface area contributed by atoms with Gasteiger partial charge in [0, 0.05) is 0 Å². The van der Waals surface area contributed by atoms with Gasteiger partial charge in [0.25, 0.3) is 0 Å². The van der Waals surface area contributed by atoms with Gasteiger partial charge in [-0.1, -0.05) is 49.7 Å². The lowest BCUT2D eigenvalue weighted by Gasteiger charge is -1.80. The third kappa shape index (κ3) is 10.8. The van der Waals surface area contributed by atoms with Crippen LogP contribution < -0.4 is 0 Å². The van der Waals surface area contributed by atoms with Gasteiger partial charge in [0.05, 0.1) is 6.54 Å². The van der Waals surface area contributed by atoms with Crippen molar-refractivity contribution < 1.29 is 8.42 Å². The number of benzene rings is 1. The molecule has 0 aromatic heterocycles. The minimum absolute atomic E-state index is 0.437. The Morgan fingerprint density at radius 2 is 1.43 bits per heavy atom. The number of hydrogen-bond acceptors (Lipinski definition) is 3. The molecule has 0 saturated heterocycles. The summed E-state index contributed by atoms with van der Waals surface area (Å²) in [6, 6.07) is 12.0. The van der Waals surface area contributed by atoms with Crippen LogP contribution in [0.25, 0.3) is 0 Å². The number of hydrogen-bond donors (Lipinski definition) is 0. The molecule has 0 bridgehead atoms. The number of rotatable bonds is 3. The van der Waals surface area contributed by atoms with E-state index in [2.05, 4.69) is 4.36 Å². The Bertz CT molecular complexity index is 298. The number of nitrogens with zero attached hydrogens (tertiary/aromatic N) is 1. The molecule has 0 heterocycles. The average Bonchev–Trinajstić information content (AvgIpc) is 2.21. The summed E-state index contributed by atoms with van der Waals surface area (Å²) in [5, 5.41) is 0. The fraction of sp³-hybridized carbons (Fsp3) is 0.400. The molecule has 0 amide bonds. The van der Waals surface area contributed by atoms with E-state index in [9.17, 15) is 8.42 Å². The van der Waals surface area contributed by atoms with Gasteiger partial charge in [-0.3, -0.25) is 0 Å². The van der Waals surface area contributed by atoms with Gasteiger partial charge in [-0.05, 0) is 6.42 Å². The third-order valence-corrected chi connectivity index (χ3v) is 1.77. The van der Waals surface area contributed by atoms with Crippen molar-refractivity contribution in [2.75, 3.05) is 6.54 Å². The Morgan fingerprint density at radius 3 is 1.71 bits per heavy atom. The summed E-state index contributed by atoms with van der Waals surface area (Å²) in [6.07, 6.45) is 1.84. The Kier molecular flexibility index (Phi) is 9.10. The molecule has 1 aromatic rings. The van der Waals surface area contributed by atoms with Crippen molar-refractivity contribution in [1.29, 1.82) is 0 Å². The zero-order valence-electron chi connectivity index (χ0n) is 8.26. The van der Waals surface area contributed by atoms with Crippen LogP contribution in [0.3, 0.4) is 0 Å². The van der Waals surface area contributed by atoms with Gasteiger partial charge < -0.3 is 0 Å². The van der Waals surface area contributed by atoms with Gasteiger partial charge in [0.2, 0.25) is 0 Å². The molecule has 0 saturated carbocycles. The SMILES string of the molecule is CCCCN=S(=O)=O.c1ccccc1. The van der Waals surface area contributed by atoms with Crippen LogP contribution in [0.4, 0.5) is 0 Å². The second-order valence-corrected chi connectivity index (χ2v) is 3.27. The normalized spacial score (nSPS) is 8.36. The van der Waals surface area contributed by atoms with Crippen LogP contribution in [0.2, 0.25) is 0 Å². The molecule has 0 aliphatic rings. The summed E-state index contributed by atoms with van der Waals surface area (Å²) in [5.41, 5.74) is 0. The largest absolute Gasteiger partial charge is 0.311 e. The molecule has 0 radical (unpaired) electrons. The van der Waals surface area contributed by atoms with Crippen LogP contribution in [0, 0.1) is 0 Å². The Balaban J connectivity index is 0.000000249. The molecule has 0 aliphatic carbocycles. The van der Waals surface area contributed by atoms with Crippen molar-refractivity contribution in [2.24, 2.45) is 4.36 Å². The van der Waals surface area contributed by atoms with Gasteiger partial charge in [-0.2, -0.15) is 12.8 Å². The monoisotopic (exact) mass is 213 g/mol. The second kappa shape index (κ2) is 9.92. The summed E-state index contributed by atoms with van der Waals surface area (Å²) in [6.45, 7) is 2.43. The van der Waals surface area contributed by atoms with Crippen LogP contribution in [0.15, 0.2) is 40.8 Å². The Hall–Kier alpha value is -1.16.